The van der Waals surface area contributed by atoms with Gasteiger partial charge in [0.25, 0.3) is 0 Å². The summed E-state index contributed by atoms with van der Waals surface area (Å²) in [5, 5.41) is 4.64. The smallest absolute Gasteiger partial charge is 0.0987 e. The summed E-state index contributed by atoms with van der Waals surface area (Å²) in [5.41, 5.74) is 0. The van der Waals surface area contributed by atoms with Crippen LogP contribution in [0.25, 0.3) is 21.5 Å². The predicted octanol–water partition coefficient (Wildman–Crippen LogP) is 2.98. The molecule has 0 aliphatic carbocycles. The third kappa shape index (κ3) is 0.855. The van der Waals surface area contributed by atoms with Gasteiger partial charge in [-0.2, -0.15) is 0 Å². The van der Waals surface area contributed by atoms with E-state index < -0.39 is 0 Å². The van der Waals surface area contributed by atoms with Gasteiger partial charge in [0.2, 0.25) is 0 Å². The molecule has 2 heterocycles. The fraction of sp³-hybridized carbons (Fsp3) is 0. The minimum absolute atomic E-state index is 1.14. The number of nitrogens with zero attached hydrogens (tertiary/aromatic N) is 1. The van der Waals surface area contributed by atoms with Crippen LogP contribution in [0.2, 0.25) is 0 Å². The van der Waals surface area contributed by atoms with Crippen molar-refractivity contribution in [1.29, 1.82) is 0 Å². The summed E-state index contributed by atoms with van der Waals surface area (Å²) in [4.78, 5) is 4.07. The molecule has 1 aromatic carbocycles. The lowest BCUT2D eigenvalue weighted by atomic mass is 10.1. The van der Waals surface area contributed by atoms with Gasteiger partial charge in [0, 0.05) is 28.6 Å². The second kappa shape index (κ2) is 2.33. The van der Waals surface area contributed by atoms with Crippen LogP contribution in [-0.2, 0) is 0 Å². The number of rotatable bonds is 0. The van der Waals surface area contributed by atoms with E-state index >= 15 is 0 Å². The summed E-state index contributed by atoms with van der Waals surface area (Å²) < 4.78 is 5.15. The lowest BCUT2D eigenvalue weighted by Crippen LogP contribution is -1.74. The zero-order valence-corrected chi connectivity index (χ0v) is 6.90. The minimum atomic E-state index is 1.14. The molecule has 2 nitrogen and oxygen atoms in total. The lowest BCUT2D eigenvalue weighted by Gasteiger charge is -1.96. The van der Waals surface area contributed by atoms with E-state index in [1.165, 1.54) is 5.39 Å². The van der Waals surface area contributed by atoms with Crippen molar-refractivity contribution in [2.45, 2.75) is 0 Å². The van der Waals surface area contributed by atoms with Crippen molar-refractivity contribution in [2.75, 3.05) is 0 Å². The number of hydrogen-bond acceptors (Lipinski definition) is 2. The van der Waals surface area contributed by atoms with Crippen molar-refractivity contribution >= 4 is 21.5 Å². The second-order valence-corrected chi connectivity index (χ2v) is 3.04. The largest absolute Gasteiger partial charge is 0.471 e. The van der Waals surface area contributed by atoms with E-state index in [9.17, 15) is 0 Å². The van der Waals surface area contributed by atoms with Gasteiger partial charge in [-0.05, 0) is 11.5 Å². The molecule has 62 valence electrons. The summed E-state index contributed by atoms with van der Waals surface area (Å²) in [6.45, 7) is 0. The molecular formula is C11H7NO. The summed E-state index contributed by atoms with van der Waals surface area (Å²) in [5.74, 6) is 0. The molecule has 0 bridgehead atoms. The standard InChI is InChI=1S/C11H7NO/c1-2-9-6-13-7-11(9)10-3-4-12-5-8(1)10/h1-7H. The maximum Gasteiger partial charge on any atom is 0.0987 e. The first kappa shape index (κ1) is 6.66. The molecule has 13 heavy (non-hydrogen) atoms. The molecule has 0 aliphatic heterocycles. The fourth-order valence-corrected chi connectivity index (χ4v) is 1.62. The average Bonchev–Trinajstić information content (AvgIpc) is 2.65. The van der Waals surface area contributed by atoms with Gasteiger partial charge in [0.1, 0.15) is 0 Å². The van der Waals surface area contributed by atoms with Gasteiger partial charge in [-0.3, -0.25) is 4.98 Å². The number of aromatic nitrogens is 1. The summed E-state index contributed by atoms with van der Waals surface area (Å²) in [7, 11) is 0. The Labute approximate surface area is 74.8 Å². The molecule has 0 unspecified atom stereocenters. The summed E-state index contributed by atoms with van der Waals surface area (Å²) in [6, 6.07) is 6.11. The van der Waals surface area contributed by atoms with Crippen molar-refractivity contribution in [3.8, 4) is 0 Å². The Kier molecular flexibility index (Phi) is 1.19. The SMILES string of the molecule is c1cc2c(ccc3cocc32)cn1. The van der Waals surface area contributed by atoms with Gasteiger partial charge in [-0.1, -0.05) is 12.1 Å². The number of furan rings is 1. The first-order valence-corrected chi connectivity index (χ1v) is 4.14. The van der Waals surface area contributed by atoms with E-state index in [2.05, 4.69) is 11.1 Å². The Hall–Kier alpha value is -1.83. The van der Waals surface area contributed by atoms with E-state index in [0.717, 1.165) is 16.2 Å². The van der Waals surface area contributed by atoms with Gasteiger partial charge in [0.05, 0.1) is 12.5 Å². The highest BCUT2D eigenvalue weighted by atomic mass is 16.3. The van der Waals surface area contributed by atoms with Gasteiger partial charge < -0.3 is 4.42 Å². The number of hydrogen-bond donors (Lipinski definition) is 0. The molecule has 0 saturated heterocycles. The van der Waals surface area contributed by atoms with Gasteiger partial charge in [0.15, 0.2) is 0 Å². The molecule has 0 N–H and O–H groups in total. The van der Waals surface area contributed by atoms with E-state index in [1.54, 1.807) is 18.7 Å². The molecule has 0 amide bonds. The summed E-state index contributed by atoms with van der Waals surface area (Å²) in [6.07, 6.45) is 7.20. The topological polar surface area (TPSA) is 26.0 Å². The number of benzene rings is 1. The van der Waals surface area contributed by atoms with Crippen LogP contribution < -0.4 is 0 Å². The minimum Gasteiger partial charge on any atom is -0.471 e. The quantitative estimate of drug-likeness (QED) is 0.517. The van der Waals surface area contributed by atoms with Crippen LogP contribution >= 0.6 is 0 Å². The molecule has 0 atom stereocenters. The number of pyridine rings is 1. The van der Waals surface area contributed by atoms with Gasteiger partial charge in [-0.25, -0.2) is 0 Å². The Bertz CT molecular complexity index is 568. The Balaban J connectivity index is 2.65. The first-order chi connectivity index (χ1) is 6.45. The molecule has 3 aromatic rings. The Morgan fingerprint density at radius 2 is 1.85 bits per heavy atom. The summed E-state index contributed by atoms with van der Waals surface area (Å²) >= 11 is 0. The monoisotopic (exact) mass is 169 g/mol. The van der Waals surface area contributed by atoms with Crippen molar-refractivity contribution in [1.82, 2.24) is 4.98 Å². The highest BCUT2D eigenvalue weighted by Gasteiger charge is 2.00. The predicted molar refractivity (Wildman–Crippen MR) is 51.5 cm³/mol. The van der Waals surface area contributed by atoms with E-state index in [0.29, 0.717) is 0 Å². The van der Waals surface area contributed by atoms with Crippen molar-refractivity contribution in [2.24, 2.45) is 0 Å². The molecule has 0 fully saturated rings. The van der Waals surface area contributed by atoms with Crippen LogP contribution in [0, 0.1) is 0 Å². The molecular weight excluding hydrogens is 162 g/mol. The van der Waals surface area contributed by atoms with Crippen LogP contribution in [0.15, 0.2) is 47.5 Å². The molecule has 2 aromatic heterocycles. The van der Waals surface area contributed by atoms with Crippen LogP contribution in [-0.4, -0.2) is 4.98 Å². The van der Waals surface area contributed by atoms with Crippen molar-refractivity contribution in [3.63, 3.8) is 0 Å². The third-order valence-electron chi connectivity index (χ3n) is 2.28. The third-order valence-corrected chi connectivity index (χ3v) is 2.28. The Morgan fingerprint density at radius 3 is 2.85 bits per heavy atom. The zero-order valence-electron chi connectivity index (χ0n) is 6.90. The average molecular weight is 169 g/mol. The van der Waals surface area contributed by atoms with Crippen LogP contribution in [0.4, 0.5) is 0 Å². The second-order valence-electron chi connectivity index (χ2n) is 3.04. The maximum atomic E-state index is 5.15. The van der Waals surface area contributed by atoms with Gasteiger partial charge in [-0.15, -0.1) is 0 Å². The van der Waals surface area contributed by atoms with Crippen LogP contribution in [0.5, 0.6) is 0 Å². The molecule has 3 rings (SSSR count). The molecule has 0 radical (unpaired) electrons. The molecule has 0 spiro atoms. The highest BCUT2D eigenvalue weighted by molar-refractivity contribution is 6.06. The Morgan fingerprint density at radius 1 is 0.923 bits per heavy atom. The lowest BCUT2D eigenvalue weighted by molar-refractivity contribution is 0.572. The molecule has 0 saturated carbocycles. The fourth-order valence-electron chi connectivity index (χ4n) is 1.62. The first-order valence-electron chi connectivity index (χ1n) is 4.14. The van der Waals surface area contributed by atoms with E-state index in [4.69, 9.17) is 4.42 Å². The normalized spacial score (nSPS) is 11.1. The molecule has 0 aliphatic rings. The van der Waals surface area contributed by atoms with Crippen molar-refractivity contribution < 1.29 is 4.42 Å². The maximum absolute atomic E-state index is 5.15. The van der Waals surface area contributed by atoms with E-state index in [1.807, 2.05) is 18.3 Å². The van der Waals surface area contributed by atoms with Crippen LogP contribution in [0.3, 0.4) is 0 Å². The zero-order chi connectivity index (χ0) is 8.67. The van der Waals surface area contributed by atoms with Crippen molar-refractivity contribution in [3.05, 3.63) is 43.1 Å². The van der Waals surface area contributed by atoms with Gasteiger partial charge >= 0.3 is 0 Å². The van der Waals surface area contributed by atoms with Crippen LogP contribution in [0.1, 0.15) is 0 Å². The molecule has 2 heteroatoms. The highest BCUT2D eigenvalue weighted by Crippen LogP contribution is 2.24. The number of fused-ring (bicyclic) bond motifs is 3. The van der Waals surface area contributed by atoms with E-state index in [-0.39, 0.29) is 0 Å².